The molecule has 70 heavy (non-hydrogen) atoms. The van der Waals surface area contributed by atoms with Gasteiger partial charge in [0.15, 0.2) is 11.4 Å². The number of hydrazone groups is 1. The average Bonchev–Trinajstić information content (AvgIpc) is 4.18. The minimum absolute atomic E-state index is 0. The van der Waals surface area contributed by atoms with Crippen LogP contribution in [0.25, 0.3) is 26.6 Å². The number of rotatable bonds is 8. The molecule has 0 saturated carbocycles. The van der Waals surface area contributed by atoms with E-state index in [0.717, 1.165) is 52.6 Å². The first-order chi connectivity index (χ1) is 32.7. The van der Waals surface area contributed by atoms with Crippen molar-refractivity contribution in [2.45, 2.75) is 84.5 Å². The van der Waals surface area contributed by atoms with Crippen LogP contribution in [0.5, 0.6) is 11.5 Å². The number of amidine groups is 1. The Kier molecular flexibility index (Phi) is 14.5. The number of fused-ring (bicyclic) bond motifs is 2. The molecule has 1 aliphatic heterocycles. The molecule has 0 atom stereocenters. The average molecular weight is 1050 g/mol. The van der Waals surface area contributed by atoms with Gasteiger partial charge in [0.1, 0.15) is 27.0 Å². The number of nitrogens with one attached hydrogen (secondary N) is 2. The van der Waals surface area contributed by atoms with E-state index >= 15 is 0 Å². The van der Waals surface area contributed by atoms with Crippen molar-refractivity contribution in [1.82, 2.24) is 9.78 Å². The fourth-order valence-corrected chi connectivity index (χ4v) is 10.5. The maximum absolute atomic E-state index is 13.2. The van der Waals surface area contributed by atoms with E-state index in [2.05, 4.69) is 78.5 Å². The zero-order valence-electron chi connectivity index (χ0n) is 39.3. The van der Waals surface area contributed by atoms with Gasteiger partial charge in [0, 0.05) is 33.0 Å². The van der Waals surface area contributed by atoms with Gasteiger partial charge in [-0.05, 0) is 145 Å². The third kappa shape index (κ3) is 10.2. The van der Waals surface area contributed by atoms with Crippen molar-refractivity contribution in [2.75, 3.05) is 10.7 Å². The van der Waals surface area contributed by atoms with E-state index in [1.165, 1.54) is 51.9 Å². The number of nitrogens with zero attached hydrogens (tertiary/aromatic N) is 5. The summed E-state index contributed by atoms with van der Waals surface area (Å²) in [6.07, 6.45) is 5.16. The van der Waals surface area contributed by atoms with E-state index in [1.807, 2.05) is 13.0 Å². The summed E-state index contributed by atoms with van der Waals surface area (Å²) in [5.41, 5.74) is 15.9. The number of aromatic carboxylic acids is 2. The van der Waals surface area contributed by atoms with Crippen molar-refractivity contribution in [3.8, 4) is 38.1 Å². The lowest BCUT2D eigenvalue weighted by Gasteiger charge is -2.21. The summed E-state index contributed by atoms with van der Waals surface area (Å²) < 4.78 is 1.47. The Morgan fingerprint density at radius 3 is 1.80 bits per heavy atom. The molecule has 3 aromatic heterocycles. The Bertz CT molecular complexity index is 3310. The summed E-state index contributed by atoms with van der Waals surface area (Å²) >= 11 is 2.16. The molecule has 8 N–H and O–H groups in total. The number of aryl methyl sites for hydroxylation is 3. The molecule has 18 heteroatoms. The zero-order chi connectivity index (χ0) is 49.5. The number of benzene rings is 4. The molecule has 0 radical (unpaired) electrons. The number of nitrogen functional groups attached to an aromatic ring is 1. The smallest absolute Gasteiger partial charge is 0.345 e. The number of phenolic OH excluding ortho intramolecular Hbond substituents is 2. The van der Waals surface area contributed by atoms with Crippen molar-refractivity contribution in [1.29, 1.82) is 5.41 Å². The van der Waals surface area contributed by atoms with Crippen molar-refractivity contribution in [2.24, 2.45) is 15.3 Å². The van der Waals surface area contributed by atoms with E-state index in [4.69, 9.17) is 21.4 Å². The second-order valence-electron chi connectivity index (χ2n) is 18.5. The van der Waals surface area contributed by atoms with Gasteiger partial charge in [-0.15, -0.1) is 49.9 Å². The van der Waals surface area contributed by atoms with Crippen LogP contribution < -0.4 is 16.3 Å². The largest absolute Gasteiger partial charge is 0.505 e. The summed E-state index contributed by atoms with van der Waals surface area (Å²) in [6, 6.07) is 28.8. The number of anilines is 2. The molecule has 0 unspecified atom stereocenters. The highest BCUT2D eigenvalue weighted by Crippen LogP contribution is 2.43. The number of hydrogen-bond donors (Lipinski definition) is 7. The standard InChI is InChI=1S/C26H24N4O4S.C15H19N3.C11H9NO3S.BrH/c1-14-22(24(32)30(29-14)16-8-7-15-11-12-26(2,3)18(15)13-16)28-27-19-6-4-5-17(23(19)31)20-9-10-21(35-20)25(33)34;1-10-8-14(16)18(17-10)12-5-4-11-6-7-15(2,3)13(11)9-12;12-7-3-1-2-6(10(7)13)8-4-5-9(16-8)11(14)15;/h4-10,13,29,31H,11-12H2,1-3H3,(H,33,34);4-5,9,16H,6-8H2,1-3H3;1-5,13H,12H2,(H,14,15);1H. The Morgan fingerprint density at radius 2 is 1.27 bits per heavy atom. The molecule has 362 valence electrons. The number of aromatic amines is 1. The SMILES string of the molecule is Br.CC1=NN(c2ccc3c(c2)C(C)(C)CC3)C(=N)C1.Cc1[nH]n(-c2ccc3c(c2)C(C)(C)CC3)c(=O)c1N=Nc1cccc(-c2ccc(C(=O)O)s2)c1O.Nc1cccc(-c2ccc(C(=O)O)s2)c1O. The first kappa shape index (κ1) is 50.7. The molecule has 10 rings (SSSR count). The van der Waals surface area contributed by atoms with Crippen LogP contribution in [0.2, 0.25) is 0 Å². The molecule has 7 aromatic rings. The Labute approximate surface area is 422 Å². The molecule has 0 spiro atoms. The number of carboxylic acid groups (broad SMARTS) is 2. The summed E-state index contributed by atoms with van der Waals surface area (Å²) in [5, 5.41) is 64.0. The van der Waals surface area contributed by atoms with Gasteiger partial charge < -0.3 is 26.2 Å². The maximum Gasteiger partial charge on any atom is 0.345 e. The maximum atomic E-state index is 13.2. The van der Waals surface area contributed by atoms with Crippen LogP contribution in [0.15, 0.2) is 117 Å². The van der Waals surface area contributed by atoms with Crippen LogP contribution in [-0.2, 0) is 23.7 Å². The number of hydrogen-bond acceptors (Lipinski definition) is 12. The van der Waals surface area contributed by atoms with Gasteiger partial charge in [-0.1, -0.05) is 52.0 Å². The van der Waals surface area contributed by atoms with Crippen LogP contribution in [0.1, 0.15) is 101 Å². The van der Waals surface area contributed by atoms with Gasteiger partial charge in [-0.3, -0.25) is 15.3 Å². The molecular weight excluding hydrogens is 993 g/mol. The van der Waals surface area contributed by atoms with Crippen molar-refractivity contribution < 1.29 is 30.0 Å². The molecule has 15 nitrogen and oxygen atoms in total. The lowest BCUT2D eigenvalue weighted by Crippen LogP contribution is -2.20. The highest BCUT2D eigenvalue weighted by molar-refractivity contribution is 8.93. The molecule has 4 heterocycles. The summed E-state index contributed by atoms with van der Waals surface area (Å²) in [4.78, 5) is 36.8. The third-order valence-corrected chi connectivity index (χ3v) is 14.9. The Balaban J connectivity index is 0.000000172. The second-order valence-corrected chi connectivity index (χ2v) is 20.7. The van der Waals surface area contributed by atoms with Gasteiger partial charge in [0.05, 0.1) is 22.8 Å². The summed E-state index contributed by atoms with van der Waals surface area (Å²) in [5.74, 6) is -1.57. The van der Waals surface area contributed by atoms with Gasteiger partial charge in [0.2, 0.25) is 0 Å². The number of phenols is 2. The number of aromatic nitrogens is 2. The summed E-state index contributed by atoms with van der Waals surface area (Å²) in [6.45, 7) is 12.7. The molecule has 4 aromatic carbocycles. The number of carbonyl (C=O) groups is 2. The predicted octanol–water partition coefficient (Wildman–Crippen LogP) is 12.7. The topological polar surface area (TPSA) is 243 Å². The number of halogens is 1. The minimum atomic E-state index is -1.03. The molecule has 3 aliphatic rings. The second kappa shape index (κ2) is 20.1. The first-order valence-corrected chi connectivity index (χ1v) is 23.8. The van der Waals surface area contributed by atoms with Crippen LogP contribution in [0.3, 0.4) is 0 Å². The quantitative estimate of drug-likeness (QED) is 0.0434. The fourth-order valence-electron chi connectivity index (χ4n) is 8.76. The number of para-hydroxylation sites is 2. The van der Waals surface area contributed by atoms with E-state index in [0.29, 0.717) is 38.8 Å². The normalized spacial score (nSPS) is 15.0. The van der Waals surface area contributed by atoms with Crippen LogP contribution >= 0.6 is 39.7 Å². The number of carboxylic acids is 2. The molecule has 0 bridgehead atoms. The highest BCUT2D eigenvalue weighted by atomic mass is 79.9. The fraction of sp³-hybridized carbons (Fsp3) is 0.250. The lowest BCUT2D eigenvalue weighted by atomic mass is 9.86. The van der Waals surface area contributed by atoms with Crippen molar-refractivity contribution in [3.63, 3.8) is 0 Å². The Morgan fingerprint density at radius 1 is 0.743 bits per heavy atom. The van der Waals surface area contributed by atoms with Crippen molar-refractivity contribution >= 4 is 85.9 Å². The number of H-pyrrole nitrogens is 1. The molecule has 0 fully saturated rings. The number of thiophene rings is 2. The van der Waals surface area contributed by atoms with Crippen LogP contribution in [0.4, 0.5) is 22.7 Å². The van der Waals surface area contributed by atoms with E-state index in [1.54, 1.807) is 60.5 Å². The highest BCUT2D eigenvalue weighted by Gasteiger charge is 2.32. The third-order valence-electron chi connectivity index (χ3n) is 12.7. The minimum Gasteiger partial charge on any atom is -0.505 e. The van der Waals surface area contributed by atoms with Gasteiger partial charge in [-0.25, -0.2) is 19.3 Å². The predicted molar refractivity (Wildman–Crippen MR) is 284 cm³/mol. The monoisotopic (exact) mass is 1040 g/mol. The van der Waals surface area contributed by atoms with Gasteiger partial charge >= 0.3 is 11.9 Å². The molecular formula is C52H53BrN8O7S2. The Hall–Kier alpha value is -7.15. The molecule has 0 amide bonds. The molecule has 0 saturated heterocycles. The number of nitrogens with two attached hydrogens (primary N) is 1. The first-order valence-electron chi connectivity index (χ1n) is 22.2. The molecule has 2 aliphatic carbocycles. The van der Waals surface area contributed by atoms with Crippen LogP contribution in [-0.4, -0.2) is 53.7 Å². The van der Waals surface area contributed by atoms with E-state index in [-0.39, 0.29) is 71.7 Å². The van der Waals surface area contributed by atoms with E-state index in [9.17, 15) is 24.6 Å². The summed E-state index contributed by atoms with van der Waals surface area (Å²) in [7, 11) is 0. The number of aromatic hydroxyl groups is 2. The van der Waals surface area contributed by atoms with Gasteiger partial charge in [0.25, 0.3) is 5.56 Å². The zero-order valence-corrected chi connectivity index (χ0v) is 42.7. The van der Waals surface area contributed by atoms with Crippen LogP contribution in [0, 0.1) is 12.3 Å². The van der Waals surface area contributed by atoms with Gasteiger partial charge in [-0.2, -0.15) is 5.10 Å². The lowest BCUT2D eigenvalue weighted by molar-refractivity contribution is 0.0691. The van der Waals surface area contributed by atoms with E-state index < -0.39 is 11.9 Å². The number of azo groups is 1. The van der Waals surface area contributed by atoms with Crippen molar-refractivity contribution in [3.05, 3.63) is 145 Å².